The van der Waals surface area contributed by atoms with Gasteiger partial charge in [0.2, 0.25) is 0 Å². The summed E-state index contributed by atoms with van der Waals surface area (Å²) in [4.78, 5) is 0. The zero-order chi connectivity index (χ0) is 12.5. The minimum atomic E-state index is 0.483. The van der Waals surface area contributed by atoms with Crippen LogP contribution in [0.15, 0.2) is 24.3 Å². The van der Waals surface area contributed by atoms with Gasteiger partial charge in [0, 0.05) is 13.2 Å². The molecule has 0 aliphatic carbocycles. The number of ether oxygens (including phenoxy) is 2. The lowest BCUT2D eigenvalue weighted by molar-refractivity contribution is 0.110. The number of hydrogen-bond acceptors (Lipinski definition) is 3. The fourth-order valence-electron chi connectivity index (χ4n) is 1.95. The van der Waals surface area contributed by atoms with Gasteiger partial charge in [-0.15, -0.1) is 0 Å². The van der Waals surface area contributed by atoms with Crippen LogP contribution in [-0.2, 0) is 11.2 Å². The highest BCUT2D eigenvalue weighted by atomic mass is 16.5. The zero-order valence-corrected chi connectivity index (χ0v) is 11.0. The Bertz CT molecular complexity index is 315. The lowest BCUT2D eigenvalue weighted by Crippen LogP contribution is -2.25. The number of rotatable bonds is 8. The molecule has 0 saturated carbocycles. The van der Waals surface area contributed by atoms with Crippen LogP contribution in [0.4, 0.5) is 0 Å². The van der Waals surface area contributed by atoms with Crippen LogP contribution in [-0.4, -0.2) is 33.9 Å². The monoisotopic (exact) mass is 237 g/mol. The molecular weight excluding hydrogens is 214 g/mol. The lowest BCUT2D eigenvalue weighted by atomic mass is 9.99. The summed E-state index contributed by atoms with van der Waals surface area (Å²) in [5, 5.41) is 3.21. The summed E-state index contributed by atoms with van der Waals surface area (Å²) in [5.41, 5.74) is 1.25. The standard InChI is InChI=1S/C14H23NO2/c1-4-17-11-12(10-15-2)9-13-7-5-6-8-14(13)16-3/h5-8,12,15H,4,9-11H2,1-3H3. The van der Waals surface area contributed by atoms with E-state index in [2.05, 4.69) is 17.4 Å². The number of benzene rings is 1. The maximum absolute atomic E-state index is 5.51. The molecule has 1 N–H and O–H groups in total. The molecule has 0 bridgehead atoms. The first-order valence-corrected chi connectivity index (χ1v) is 6.16. The molecule has 0 aliphatic rings. The fraction of sp³-hybridized carbons (Fsp3) is 0.571. The van der Waals surface area contributed by atoms with Gasteiger partial charge in [-0.25, -0.2) is 0 Å². The van der Waals surface area contributed by atoms with Crippen molar-refractivity contribution in [3.05, 3.63) is 29.8 Å². The quantitative estimate of drug-likeness (QED) is 0.751. The van der Waals surface area contributed by atoms with Crippen LogP contribution in [0.5, 0.6) is 5.75 Å². The van der Waals surface area contributed by atoms with Gasteiger partial charge in [-0.2, -0.15) is 0 Å². The van der Waals surface area contributed by atoms with E-state index >= 15 is 0 Å². The van der Waals surface area contributed by atoms with Gasteiger partial charge in [-0.1, -0.05) is 18.2 Å². The molecule has 0 radical (unpaired) electrons. The van der Waals surface area contributed by atoms with Crippen molar-refractivity contribution in [1.82, 2.24) is 5.32 Å². The molecule has 1 aromatic carbocycles. The van der Waals surface area contributed by atoms with E-state index in [1.165, 1.54) is 5.56 Å². The molecule has 17 heavy (non-hydrogen) atoms. The van der Waals surface area contributed by atoms with E-state index < -0.39 is 0 Å². The van der Waals surface area contributed by atoms with E-state index in [4.69, 9.17) is 9.47 Å². The minimum absolute atomic E-state index is 0.483. The number of methoxy groups -OCH3 is 1. The van der Waals surface area contributed by atoms with E-state index in [1.54, 1.807) is 7.11 Å². The molecule has 0 aliphatic heterocycles. The van der Waals surface area contributed by atoms with E-state index in [0.29, 0.717) is 5.92 Å². The normalized spacial score (nSPS) is 12.4. The molecule has 1 aromatic rings. The molecule has 3 nitrogen and oxygen atoms in total. The van der Waals surface area contributed by atoms with Crippen LogP contribution in [0.2, 0.25) is 0 Å². The molecule has 1 atom stereocenters. The Kier molecular flexibility index (Phi) is 6.67. The van der Waals surface area contributed by atoms with Gasteiger partial charge >= 0.3 is 0 Å². The zero-order valence-electron chi connectivity index (χ0n) is 11.0. The van der Waals surface area contributed by atoms with E-state index in [-0.39, 0.29) is 0 Å². The Morgan fingerprint density at radius 1 is 1.29 bits per heavy atom. The van der Waals surface area contributed by atoms with Crippen molar-refractivity contribution in [2.75, 3.05) is 33.9 Å². The summed E-state index contributed by atoms with van der Waals surface area (Å²) < 4.78 is 10.9. The van der Waals surface area contributed by atoms with Gasteiger partial charge < -0.3 is 14.8 Å². The van der Waals surface area contributed by atoms with Crippen LogP contribution in [0.25, 0.3) is 0 Å². The molecule has 1 rings (SSSR count). The highest BCUT2D eigenvalue weighted by Gasteiger charge is 2.11. The molecule has 0 fully saturated rings. The Morgan fingerprint density at radius 3 is 2.71 bits per heavy atom. The SMILES string of the molecule is CCOCC(CNC)Cc1ccccc1OC. The Labute approximate surface area is 104 Å². The fourth-order valence-corrected chi connectivity index (χ4v) is 1.95. The predicted octanol–water partition coefficient (Wildman–Crippen LogP) is 2.11. The smallest absolute Gasteiger partial charge is 0.122 e. The average molecular weight is 237 g/mol. The van der Waals surface area contributed by atoms with Crippen LogP contribution in [0.3, 0.4) is 0 Å². The summed E-state index contributed by atoms with van der Waals surface area (Å²) in [6, 6.07) is 8.17. The molecule has 1 unspecified atom stereocenters. The van der Waals surface area contributed by atoms with Gasteiger partial charge in [-0.3, -0.25) is 0 Å². The van der Waals surface area contributed by atoms with Crippen molar-refractivity contribution in [1.29, 1.82) is 0 Å². The van der Waals surface area contributed by atoms with Crippen LogP contribution >= 0.6 is 0 Å². The predicted molar refractivity (Wildman–Crippen MR) is 70.6 cm³/mol. The minimum Gasteiger partial charge on any atom is -0.496 e. The largest absolute Gasteiger partial charge is 0.496 e. The van der Waals surface area contributed by atoms with E-state index in [0.717, 1.165) is 31.9 Å². The van der Waals surface area contributed by atoms with Crippen molar-refractivity contribution in [2.24, 2.45) is 5.92 Å². The molecule has 0 amide bonds. The highest BCUT2D eigenvalue weighted by molar-refractivity contribution is 5.33. The van der Waals surface area contributed by atoms with Crippen molar-refractivity contribution in [2.45, 2.75) is 13.3 Å². The second-order valence-electron chi connectivity index (χ2n) is 4.10. The summed E-state index contributed by atoms with van der Waals surface area (Å²) >= 11 is 0. The van der Waals surface area contributed by atoms with Crippen LogP contribution in [0.1, 0.15) is 12.5 Å². The summed E-state index contributed by atoms with van der Waals surface area (Å²) in [7, 11) is 3.69. The molecule has 3 heteroatoms. The van der Waals surface area contributed by atoms with Crippen molar-refractivity contribution >= 4 is 0 Å². The van der Waals surface area contributed by atoms with E-state index in [9.17, 15) is 0 Å². The number of nitrogens with one attached hydrogen (secondary N) is 1. The topological polar surface area (TPSA) is 30.5 Å². The van der Waals surface area contributed by atoms with Crippen LogP contribution < -0.4 is 10.1 Å². The third-order valence-electron chi connectivity index (χ3n) is 2.75. The Morgan fingerprint density at radius 2 is 2.06 bits per heavy atom. The number of para-hydroxylation sites is 1. The van der Waals surface area contributed by atoms with Gasteiger partial charge in [0.15, 0.2) is 0 Å². The first-order valence-electron chi connectivity index (χ1n) is 6.16. The summed E-state index contributed by atoms with van der Waals surface area (Å²) in [6.45, 7) is 4.54. The lowest BCUT2D eigenvalue weighted by Gasteiger charge is -2.17. The third-order valence-corrected chi connectivity index (χ3v) is 2.75. The van der Waals surface area contributed by atoms with Gasteiger partial charge in [0.05, 0.1) is 13.7 Å². The maximum Gasteiger partial charge on any atom is 0.122 e. The van der Waals surface area contributed by atoms with Gasteiger partial charge in [0.25, 0.3) is 0 Å². The summed E-state index contributed by atoms with van der Waals surface area (Å²) in [5.74, 6) is 1.45. The van der Waals surface area contributed by atoms with Crippen LogP contribution in [0, 0.1) is 5.92 Å². The highest BCUT2D eigenvalue weighted by Crippen LogP contribution is 2.20. The second-order valence-corrected chi connectivity index (χ2v) is 4.10. The molecular formula is C14H23NO2. The van der Waals surface area contributed by atoms with E-state index in [1.807, 2.05) is 26.1 Å². The van der Waals surface area contributed by atoms with Crippen molar-refractivity contribution in [3.63, 3.8) is 0 Å². The molecule has 0 aromatic heterocycles. The third kappa shape index (κ3) is 4.75. The number of hydrogen-bond donors (Lipinski definition) is 1. The van der Waals surface area contributed by atoms with Gasteiger partial charge in [-0.05, 0) is 37.9 Å². The second kappa shape index (κ2) is 8.09. The first kappa shape index (κ1) is 14.0. The van der Waals surface area contributed by atoms with Gasteiger partial charge in [0.1, 0.15) is 5.75 Å². The molecule has 0 heterocycles. The molecule has 0 saturated heterocycles. The van der Waals surface area contributed by atoms with Crippen molar-refractivity contribution < 1.29 is 9.47 Å². The average Bonchev–Trinajstić information content (AvgIpc) is 2.37. The molecule has 0 spiro atoms. The summed E-state index contributed by atoms with van der Waals surface area (Å²) in [6.07, 6.45) is 0.977. The maximum atomic E-state index is 5.51. The molecule has 96 valence electrons. The Hall–Kier alpha value is -1.06. The Balaban J connectivity index is 2.63. The first-order chi connectivity index (χ1) is 8.31. The van der Waals surface area contributed by atoms with Crippen molar-refractivity contribution in [3.8, 4) is 5.75 Å².